The summed E-state index contributed by atoms with van der Waals surface area (Å²) in [6.45, 7) is 1.96. The van der Waals surface area contributed by atoms with Crippen LogP contribution >= 0.6 is 0 Å². The van der Waals surface area contributed by atoms with E-state index in [0.29, 0.717) is 17.9 Å². The van der Waals surface area contributed by atoms with Gasteiger partial charge in [0.25, 0.3) is 0 Å². The standard InChI is InChI=1S/C11H18N2O5S/c1-9-7-10(12-18-9)8-19(15,16)13(2)6-4-5-11(14)17-3/h7H,4-6,8H2,1-3H3. The molecule has 0 bridgehead atoms. The second-order valence-corrected chi connectivity index (χ2v) is 6.26. The first-order chi connectivity index (χ1) is 8.85. The Kier molecular flexibility index (Phi) is 5.49. The van der Waals surface area contributed by atoms with Crippen LogP contribution in [0.5, 0.6) is 0 Å². The molecule has 0 saturated heterocycles. The summed E-state index contributed by atoms with van der Waals surface area (Å²) in [5, 5.41) is 3.65. The molecule has 0 radical (unpaired) electrons. The van der Waals surface area contributed by atoms with E-state index >= 15 is 0 Å². The molecule has 108 valence electrons. The number of ether oxygens (including phenoxy) is 1. The first-order valence-electron chi connectivity index (χ1n) is 5.78. The second-order valence-electron chi connectivity index (χ2n) is 4.19. The molecule has 0 amide bonds. The predicted octanol–water partition coefficient (Wildman–Crippen LogP) is 0.698. The number of hydrogen-bond acceptors (Lipinski definition) is 6. The van der Waals surface area contributed by atoms with E-state index in [0.717, 1.165) is 0 Å². The third-order valence-electron chi connectivity index (χ3n) is 2.56. The highest BCUT2D eigenvalue weighted by atomic mass is 32.2. The minimum absolute atomic E-state index is 0.194. The molecule has 0 aromatic carbocycles. The van der Waals surface area contributed by atoms with Crippen molar-refractivity contribution in [3.8, 4) is 0 Å². The van der Waals surface area contributed by atoms with Crippen molar-refractivity contribution in [2.75, 3.05) is 20.7 Å². The van der Waals surface area contributed by atoms with Gasteiger partial charge in [0.1, 0.15) is 17.2 Å². The Bertz CT molecular complexity index is 523. The number of esters is 1. The van der Waals surface area contributed by atoms with Gasteiger partial charge in [-0.3, -0.25) is 4.79 Å². The van der Waals surface area contributed by atoms with Crippen LogP contribution < -0.4 is 0 Å². The monoisotopic (exact) mass is 290 g/mol. The minimum atomic E-state index is -3.45. The van der Waals surface area contributed by atoms with Crippen LogP contribution in [0.25, 0.3) is 0 Å². The topological polar surface area (TPSA) is 89.7 Å². The van der Waals surface area contributed by atoms with Crippen LogP contribution in [-0.2, 0) is 25.3 Å². The van der Waals surface area contributed by atoms with Crippen LogP contribution in [0.3, 0.4) is 0 Å². The second kappa shape index (κ2) is 6.67. The van der Waals surface area contributed by atoms with Crippen molar-refractivity contribution in [3.63, 3.8) is 0 Å². The van der Waals surface area contributed by atoms with Gasteiger partial charge in [0.15, 0.2) is 0 Å². The Balaban J connectivity index is 2.50. The van der Waals surface area contributed by atoms with Gasteiger partial charge in [0.05, 0.1) is 7.11 Å². The summed E-state index contributed by atoms with van der Waals surface area (Å²) in [7, 11) is -0.673. The Morgan fingerprint density at radius 3 is 2.74 bits per heavy atom. The van der Waals surface area contributed by atoms with Crippen molar-refractivity contribution < 1.29 is 22.5 Å². The van der Waals surface area contributed by atoms with E-state index in [9.17, 15) is 13.2 Å². The predicted molar refractivity (Wildman–Crippen MR) is 67.7 cm³/mol. The molecule has 1 rings (SSSR count). The molecular formula is C11H18N2O5S. The molecule has 0 fully saturated rings. The van der Waals surface area contributed by atoms with E-state index < -0.39 is 10.0 Å². The summed E-state index contributed by atoms with van der Waals surface area (Å²) in [6, 6.07) is 1.58. The van der Waals surface area contributed by atoms with E-state index in [1.807, 2.05) is 0 Å². The van der Waals surface area contributed by atoms with Gasteiger partial charge in [0.2, 0.25) is 10.0 Å². The zero-order valence-electron chi connectivity index (χ0n) is 11.2. The van der Waals surface area contributed by atoms with Crippen LogP contribution in [0.15, 0.2) is 10.6 Å². The fourth-order valence-corrected chi connectivity index (χ4v) is 2.61. The fraction of sp³-hybridized carbons (Fsp3) is 0.636. The summed E-state index contributed by atoms with van der Waals surface area (Å²) in [4.78, 5) is 10.9. The lowest BCUT2D eigenvalue weighted by molar-refractivity contribution is -0.140. The molecule has 0 aliphatic rings. The number of methoxy groups -OCH3 is 1. The summed E-state index contributed by atoms with van der Waals surface area (Å²) in [6.07, 6.45) is 0.611. The lowest BCUT2D eigenvalue weighted by atomic mass is 10.3. The normalized spacial score (nSPS) is 11.8. The molecule has 7 nitrogen and oxygen atoms in total. The molecule has 0 unspecified atom stereocenters. The molecular weight excluding hydrogens is 272 g/mol. The zero-order valence-corrected chi connectivity index (χ0v) is 12.1. The number of rotatable bonds is 7. The van der Waals surface area contributed by atoms with Crippen LogP contribution in [0.1, 0.15) is 24.3 Å². The molecule has 1 aromatic heterocycles. The summed E-state index contributed by atoms with van der Waals surface area (Å²) >= 11 is 0. The van der Waals surface area contributed by atoms with E-state index in [1.54, 1.807) is 13.0 Å². The Labute approximate surface area is 112 Å². The average Bonchev–Trinajstić information content (AvgIpc) is 2.73. The molecule has 1 aromatic rings. The van der Waals surface area contributed by atoms with E-state index in [1.165, 1.54) is 18.5 Å². The number of carbonyl (C=O) groups is 1. The Morgan fingerprint density at radius 2 is 2.21 bits per heavy atom. The zero-order chi connectivity index (χ0) is 14.5. The number of aromatic nitrogens is 1. The van der Waals surface area contributed by atoms with Crippen LogP contribution in [-0.4, -0.2) is 44.6 Å². The molecule has 0 N–H and O–H groups in total. The third-order valence-corrected chi connectivity index (χ3v) is 4.36. The average molecular weight is 290 g/mol. The van der Waals surface area contributed by atoms with Gasteiger partial charge in [0, 0.05) is 26.1 Å². The molecule has 0 saturated carbocycles. The minimum Gasteiger partial charge on any atom is -0.469 e. The first-order valence-corrected chi connectivity index (χ1v) is 7.39. The van der Waals surface area contributed by atoms with Crippen molar-refractivity contribution in [3.05, 3.63) is 17.5 Å². The molecule has 19 heavy (non-hydrogen) atoms. The maximum absolute atomic E-state index is 12.0. The SMILES string of the molecule is COC(=O)CCCN(C)S(=O)(=O)Cc1cc(C)on1. The van der Waals surface area contributed by atoms with Crippen molar-refractivity contribution in [2.45, 2.75) is 25.5 Å². The van der Waals surface area contributed by atoms with Crippen molar-refractivity contribution in [1.29, 1.82) is 0 Å². The highest BCUT2D eigenvalue weighted by Crippen LogP contribution is 2.10. The van der Waals surface area contributed by atoms with Gasteiger partial charge < -0.3 is 9.26 Å². The maximum atomic E-state index is 12.0. The molecule has 0 atom stereocenters. The summed E-state index contributed by atoms with van der Waals surface area (Å²) < 4.78 is 34.5. The van der Waals surface area contributed by atoms with Gasteiger partial charge in [-0.2, -0.15) is 0 Å². The van der Waals surface area contributed by atoms with Gasteiger partial charge >= 0.3 is 5.97 Å². The largest absolute Gasteiger partial charge is 0.469 e. The molecule has 0 spiro atoms. The summed E-state index contributed by atoms with van der Waals surface area (Å²) in [5.74, 6) is 0.00969. The fourth-order valence-electron chi connectivity index (χ4n) is 1.47. The molecule has 1 heterocycles. The number of carbonyl (C=O) groups excluding carboxylic acids is 1. The van der Waals surface area contributed by atoms with E-state index in [4.69, 9.17) is 4.52 Å². The Hall–Kier alpha value is -1.41. The quantitative estimate of drug-likeness (QED) is 0.687. The lowest BCUT2D eigenvalue weighted by Gasteiger charge is -2.15. The summed E-state index contributed by atoms with van der Waals surface area (Å²) in [5.41, 5.74) is 0.373. The number of hydrogen-bond donors (Lipinski definition) is 0. The van der Waals surface area contributed by atoms with E-state index in [-0.39, 0.29) is 24.7 Å². The molecule has 8 heteroatoms. The van der Waals surface area contributed by atoms with Crippen LogP contribution in [0, 0.1) is 6.92 Å². The maximum Gasteiger partial charge on any atom is 0.305 e. The van der Waals surface area contributed by atoms with Gasteiger partial charge in [-0.25, -0.2) is 12.7 Å². The highest BCUT2D eigenvalue weighted by molar-refractivity contribution is 7.88. The number of aryl methyl sites for hydroxylation is 1. The van der Waals surface area contributed by atoms with Crippen LogP contribution in [0.2, 0.25) is 0 Å². The highest BCUT2D eigenvalue weighted by Gasteiger charge is 2.20. The molecule has 0 aliphatic carbocycles. The third kappa shape index (κ3) is 4.99. The van der Waals surface area contributed by atoms with E-state index in [2.05, 4.69) is 9.89 Å². The first kappa shape index (κ1) is 15.6. The van der Waals surface area contributed by atoms with Gasteiger partial charge in [-0.15, -0.1) is 0 Å². The number of nitrogens with zero attached hydrogens (tertiary/aromatic N) is 2. The van der Waals surface area contributed by atoms with Crippen molar-refractivity contribution >= 4 is 16.0 Å². The Morgan fingerprint density at radius 1 is 1.53 bits per heavy atom. The van der Waals surface area contributed by atoms with Crippen molar-refractivity contribution in [1.82, 2.24) is 9.46 Å². The molecule has 0 aliphatic heterocycles. The van der Waals surface area contributed by atoms with Gasteiger partial charge in [-0.05, 0) is 13.3 Å². The van der Waals surface area contributed by atoms with Crippen molar-refractivity contribution in [2.24, 2.45) is 0 Å². The number of sulfonamides is 1. The van der Waals surface area contributed by atoms with Gasteiger partial charge in [-0.1, -0.05) is 5.16 Å². The smallest absolute Gasteiger partial charge is 0.305 e. The van der Waals surface area contributed by atoms with Crippen LogP contribution in [0.4, 0.5) is 0 Å². The lowest BCUT2D eigenvalue weighted by Crippen LogP contribution is -2.29.